The molecule has 0 saturated heterocycles. The summed E-state index contributed by atoms with van der Waals surface area (Å²) >= 11 is 0. The first-order valence-corrected chi connectivity index (χ1v) is 4.97. The highest BCUT2D eigenvalue weighted by molar-refractivity contribution is 4.81. The van der Waals surface area contributed by atoms with Crippen LogP contribution in [0.15, 0.2) is 24.8 Å². The molecule has 0 aliphatic rings. The molecule has 0 nitrogen and oxygen atoms in total. The zero-order chi connectivity index (χ0) is 9.07. The fraction of sp³-hybridized carbons (Fsp3) is 0.583. The van der Waals surface area contributed by atoms with Crippen molar-refractivity contribution in [1.82, 2.24) is 0 Å². The van der Waals surface area contributed by atoms with Crippen LogP contribution in [0, 0.1) is 6.92 Å². The minimum atomic E-state index is 1.06. The van der Waals surface area contributed by atoms with E-state index < -0.39 is 0 Å². The highest BCUT2D eigenvalue weighted by Gasteiger charge is 1.82. The van der Waals surface area contributed by atoms with Gasteiger partial charge in [0.1, 0.15) is 0 Å². The Morgan fingerprint density at radius 3 is 2.00 bits per heavy atom. The van der Waals surface area contributed by atoms with Crippen LogP contribution in [0.2, 0.25) is 0 Å². The maximum atomic E-state index is 3.80. The zero-order valence-corrected chi connectivity index (χ0v) is 8.10. The Hall–Kier alpha value is -0.520. The van der Waals surface area contributed by atoms with E-state index >= 15 is 0 Å². The van der Waals surface area contributed by atoms with Gasteiger partial charge < -0.3 is 0 Å². The van der Waals surface area contributed by atoms with Gasteiger partial charge in [-0.2, -0.15) is 0 Å². The molecule has 0 rings (SSSR count). The van der Waals surface area contributed by atoms with Crippen LogP contribution in [0.3, 0.4) is 0 Å². The largest absolute Gasteiger partial charge is 0.103 e. The second-order valence-corrected chi connectivity index (χ2v) is 3.04. The molecule has 0 heterocycles. The van der Waals surface area contributed by atoms with E-state index in [1.165, 1.54) is 32.1 Å². The summed E-state index contributed by atoms with van der Waals surface area (Å²) in [4.78, 5) is 0. The normalized spacial score (nSPS) is 10.8. The third-order valence-electron chi connectivity index (χ3n) is 1.82. The van der Waals surface area contributed by atoms with E-state index in [2.05, 4.69) is 25.7 Å². The summed E-state index contributed by atoms with van der Waals surface area (Å²) < 4.78 is 0. The molecule has 0 aliphatic heterocycles. The minimum Gasteiger partial charge on any atom is -0.103 e. The van der Waals surface area contributed by atoms with E-state index in [1.807, 2.05) is 6.08 Å². The molecule has 0 unspecified atom stereocenters. The van der Waals surface area contributed by atoms with E-state index in [1.54, 1.807) is 0 Å². The Morgan fingerprint density at radius 2 is 1.42 bits per heavy atom. The van der Waals surface area contributed by atoms with E-state index in [0.717, 1.165) is 12.8 Å². The van der Waals surface area contributed by atoms with Gasteiger partial charge in [0.25, 0.3) is 0 Å². The third kappa shape index (κ3) is 9.48. The number of rotatable bonds is 8. The molecule has 12 heavy (non-hydrogen) atoms. The number of hydrogen-bond donors (Lipinski definition) is 0. The lowest BCUT2D eigenvalue weighted by atomic mass is 10.1. The molecular formula is C12H21. The summed E-state index contributed by atoms with van der Waals surface area (Å²) in [5, 5.41) is 0. The second-order valence-electron chi connectivity index (χ2n) is 3.04. The maximum Gasteiger partial charge on any atom is -0.0351 e. The van der Waals surface area contributed by atoms with Crippen LogP contribution in [-0.4, -0.2) is 0 Å². The van der Waals surface area contributed by atoms with Crippen LogP contribution >= 0.6 is 0 Å². The van der Waals surface area contributed by atoms with E-state index in [0.29, 0.717) is 0 Å². The van der Waals surface area contributed by atoms with Crippen molar-refractivity contribution in [3.8, 4) is 0 Å². The molecule has 0 aliphatic carbocycles. The first-order valence-electron chi connectivity index (χ1n) is 4.97. The van der Waals surface area contributed by atoms with Crippen molar-refractivity contribution in [2.24, 2.45) is 0 Å². The highest BCUT2D eigenvalue weighted by atomic mass is 13.9. The summed E-state index contributed by atoms with van der Waals surface area (Å²) in [6.45, 7) is 7.49. The predicted octanol–water partition coefficient (Wildman–Crippen LogP) is 4.29. The minimum absolute atomic E-state index is 1.06. The van der Waals surface area contributed by atoms with Gasteiger partial charge in [-0.25, -0.2) is 0 Å². The van der Waals surface area contributed by atoms with Gasteiger partial charge in [-0.3, -0.25) is 0 Å². The Kier molecular flexibility index (Phi) is 10.0. The van der Waals surface area contributed by atoms with Crippen molar-refractivity contribution >= 4 is 0 Å². The van der Waals surface area contributed by atoms with Crippen LogP contribution in [0.5, 0.6) is 0 Å². The van der Waals surface area contributed by atoms with Gasteiger partial charge in [0, 0.05) is 0 Å². The molecule has 0 amide bonds. The number of hydrogen-bond acceptors (Lipinski definition) is 0. The summed E-state index contributed by atoms with van der Waals surface area (Å²) in [5.41, 5.74) is 0. The van der Waals surface area contributed by atoms with Gasteiger partial charge in [-0.15, -0.1) is 6.58 Å². The molecule has 0 aromatic carbocycles. The fourth-order valence-corrected chi connectivity index (χ4v) is 1.05. The van der Waals surface area contributed by atoms with Crippen molar-refractivity contribution in [1.29, 1.82) is 0 Å². The molecular weight excluding hydrogens is 144 g/mol. The van der Waals surface area contributed by atoms with E-state index in [9.17, 15) is 0 Å². The molecule has 0 bridgehead atoms. The molecule has 0 saturated carbocycles. The van der Waals surface area contributed by atoms with Crippen molar-refractivity contribution in [2.45, 2.75) is 44.9 Å². The predicted molar refractivity (Wildman–Crippen MR) is 57.0 cm³/mol. The first kappa shape index (κ1) is 11.5. The molecule has 1 radical (unpaired) electrons. The third-order valence-corrected chi connectivity index (χ3v) is 1.82. The van der Waals surface area contributed by atoms with Crippen molar-refractivity contribution in [3.63, 3.8) is 0 Å². The quantitative estimate of drug-likeness (QED) is 0.372. The maximum absolute atomic E-state index is 3.80. The Morgan fingerprint density at radius 1 is 0.833 bits per heavy atom. The van der Waals surface area contributed by atoms with E-state index in [4.69, 9.17) is 0 Å². The standard InChI is InChI=1S/C12H21/c1-3-5-7-9-11-12-10-8-6-4-2/h3,10,12H,1-2,4-9,11H2. The van der Waals surface area contributed by atoms with Gasteiger partial charge in [-0.05, 0) is 38.5 Å². The topological polar surface area (TPSA) is 0 Å². The second kappa shape index (κ2) is 10.5. The number of unbranched alkanes of at least 4 members (excludes halogenated alkanes) is 5. The Balaban J connectivity index is 2.97. The first-order chi connectivity index (χ1) is 5.91. The molecule has 69 valence electrons. The SMILES string of the molecule is [CH2]CCCC=CCCCCC=C. The van der Waals surface area contributed by atoms with Crippen molar-refractivity contribution < 1.29 is 0 Å². The van der Waals surface area contributed by atoms with Crippen LogP contribution in [0.1, 0.15) is 44.9 Å². The van der Waals surface area contributed by atoms with Gasteiger partial charge >= 0.3 is 0 Å². The van der Waals surface area contributed by atoms with Crippen molar-refractivity contribution in [2.75, 3.05) is 0 Å². The lowest BCUT2D eigenvalue weighted by Gasteiger charge is -1.92. The average molecular weight is 165 g/mol. The zero-order valence-electron chi connectivity index (χ0n) is 8.10. The van der Waals surface area contributed by atoms with Gasteiger partial charge in [0.15, 0.2) is 0 Å². The van der Waals surface area contributed by atoms with Gasteiger partial charge in [0.2, 0.25) is 0 Å². The highest BCUT2D eigenvalue weighted by Crippen LogP contribution is 2.02. The fourth-order valence-electron chi connectivity index (χ4n) is 1.05. The number of allylic oxidation sites excluding steroid dienone is 3. The monoisotopic (exact) mass is 165 g/mol. The molecule has 0 heteroatoms. The summed E-state index contributed by atoms with van der Waals surface area (Å²) in [6, 6.07) is 0. The molecule has 0 aromatic heterocycles. The van der Waals surface area contributed by atoms with Crippen molar-refractivity contribution in [3.05, 3.63) is 31.7 Å². The van der Waals surface area contributed by atoms with Crippen LogP contribution in [-0.2, 0) is 0 Å². The Bertz CT molecular complexity index is 111. The van der Waals surface area contributed by atoms with E-state index in [-0.39, 0.29) is 0 Å². The summed E-state index contributed by atoms with van der Waals surface area (Å²) in [5.74, 6) is 0. The molecule has 0 fully saturated rings. The van der Waals surface area contributed by atoms with Crippen LogP contribution in [0.25, 0.3) is 0 Å². The van der Waals surface area contributed by atoms with Gasteiger partial charge in [0.05, 0.1) is 0 Å². The summed E-state index contributed by atoms with van der Waals surface area (Å²) in [7, 11) is 0. The summed E-state index contributed by atoms with van der Waals surface area (Å²) in [6.07, 6.45) is 15.0. The molecule has 0 N–H and O–H groups in total. The smallest absolute Gasteiger partial charge is 0.0351 e. The molecule has 0 aromatic rings. The average Bonchev–Trinajstić information content (AvgIpc) is 2.10. The molecule has 0 atom stereocenters. The lowest BCUT2D eigenvalue weighted by molar-refractivity contribution is 0.759. The van der Waals surface area contributed by atoms with Crippen LogP contribution < -0.4 is 0 Å². The Labute approximate surface area is 77.4 Å². The molecule has 0 spiro atoms. The van der Waals surface area contributed by atoms with Gasteiger partial charge in [-0.1, -0.05) is 31.6 Å². The van der Waals surface area contributed by atoms with Crippen LogP contribution in [0.4, 0.5) is 0 Å². The lowest BCUT2D eigenvalue weighted by Crippen LogP contribution is -1.72.